The molecule has 2 atom stereocenters. The zero-order valence-corrected chi connectivity index (χ0v) is 15.7. The van der Waals surface area contributed by atoms with Crippen molar-refractivity contribution in [1.82, 2.24) is 15.5 Å². The van der Waals surface area contributed by atoms with E-state index in [-0.39, 0.29) is 19.0 Å². The molecule has 9 heteroatoms. The van der Waals surface area contributed by atoms with Gasteiger partial charge in [-0.05, 0) is 12.8 Å². The molecule has 1 heterocycles. The van der Waals surface area contributed by atoms with Gasteiger partial charge in [0, 0.05) is 45.1 Å². The fourth-order valence-electron chi connectivity index (χ4n) is 2.79. The van der Waals surface area contributed by atoms with Crippen LogP contribution in [0.1, 0.15) is 46.0 Å². The Kier molecular flexibility index (Phi) is 9.79. The summed E-state index contributed by atoms with van der Waals surface area (Å²) < 4.78 is 33.5. The van der Waals surface area contributed by atoms with E-state index in [1.54, 1.807) is 6.92 Å². The molecule has 1 fully saturated rings. The summed E-state index contributed by atoms with van der Waals surface area (Å²) in [5.41, 5.74) is 5.57. The molecule has 152 valence electrons. The number of carbonyl (C=O) groups excluding carboxylic acids is 2. The molecule has 1 unspecified atom stereocenters. The van der Waals surface area contributed by atoms with Crippen LogP contribution >= 0.6 is 0 Å². The molecular weight excluding hydrogens is 346 g/mol. The Morgan fingerprint density at radius 1 is 1.23 bits per heavy atom. The summed E-state index contributed by atoms with van der Waals surface area (Å²) >= 11 is 0. The lowest BCUT2D eigenvalue weighted by molar-refractivity contribution is -0.126. The average Bonchev–Trinajstić information content (AvgIpc) is 2.87. The van der Waals surface area contributed by atoms with Gasteiger partial charge in [0.15, 0.2) is 0 Å². The van der Waals surface area contributed by atoms with Gasteiger partial charge in [-0.3, -0.25) is 4.79 Å². The van der Waals surface area contributed by atoms with Crippen LogP contribution in [0, 0.1) is 0 Å². The summed E-state index contributed by atoms with van der Waals surface area (Å²) in [5.74, 6) is -3.66. The fourth-order valence-corrected chi connectivity index (χ4v) is 2.79. The van der Waals surface area contributed by atoms with Gasteiger partial charge in [-0.25, -0.2) is 13.6 Å². The second-order valence-electron chi connectivity index (χ2n) is 6.61. The van der Waals surface area contributed by atoms with Gasteiger partial charge < -0.3 is 26.0 Å². The van der Waals surface area contributed by atoms with Crippen molar-refractivity contribution in [3.8, 4) is 0 Å². The second kappa shape index (κ2) is 11.3. The van der Waals surface area contributed by atoms with Crippen molar-refractivity contribution in [2.24, 2.45) is 5.73 Å². The van der Waals surface area contributed by atoms with Gasteiger partial charge in [0.1, 0.15) is 6.04 Å². The van der Waals surface area contributed by atoms with Gasteiger partial charge in [0.2, 0.25) is 5.91 Å². The minimum atomic E-state index is -3.03. The molecule has 4 N–H and O–H groups in total. The van der Waals surface area contributed by atoms with Gasteiger partial charge in [-0.2, -0.15) is 0 Å². The first-order valence-electron chi connectivity index (χ1n) is 9.34. The predicted molar refractivity (Wildman–Crippen MR) is 95.1 cm³/mol. The Bertz CT molecular complexity index is 440. The van der Waals surface area contributed by atoms with Gasteiger partial charge in [-0.1, -0.05) is 20.3 Å². The molecule has 0 bridgehead atoms. The predicted octanol–water partition coefficient (Wildman–Crippen LogP) is 1.47. The smallest absolute Gasteiger partial charge is 0.318 e. The highest BCUT2D eigenvalue weighted by Gasteiger charge is 2.36. The van der Waals surface area contributed by atoms with Gasteiger partial charge in [0.25, 0.3) is 5.92 Å². The van der Waals surface area contributed by atoms with Crippen molar-refractivity contribution in [3.05, 3.63) is 0 Å². The molecule has 0 radical (unpaired) electrons. The number of nitrogens with zero attached hydrogens (tertiary/aromatic N) is 1. The number of amides is 3. The summed E-state index contributed by atoms with van der Waals surface area (Å²) in [7, 11) is 0. The first-order valence-corrected chi connectivity index (χ1v) is 9.34. The van der Waals surface area contributed by atoms with Crippen LogP contribution in [0.15, 0.2) is 0 Å². The van der Waals surface area contributed by atoms with E-state index in [4.69, 9.17) is 10.5 Å². The quantitative estimate of drug-likeness (QED) is 0.566. The summed E-state index contributed by atoms with van der Waals surface area (Å²) in [4.78, 5) is 26.4. The summed E-state index contributed by atoms with van der Waals surface area (Å²) in [6.07, 6.45) is 0.472. The molecule has 0 aromatic carbocycles. The maximum Gasteiger partial charge on any atom is 0.318 e. The van der Waals surface area contributed by atoms with Crippen molar-refractivity contribution in [3.63, 3.8) is 0 Å². The lowest BCUT2D eigenvalue weighted by Gasteiger charge is -2.28. The third-order valence-corrected chi connectivity index (χ3v) is 4.37. The van der Waals surface area contributed by atoms with Crippen LogP contribution in [-0.2, 0) is 9.53 Å². The Hall–Kier alpha value is -1.48. The van der Waals surface area contributed by atoms with Gasteiger partial charge in [-0.15, -0.1) is 0 Å². The third-order valence-electron chi connectivity index (χ3n) is 4.37. The largest absolute Gasteiger partial charge is 0.380 e. The number of ether oxygens (including phenoxy) is 1. The van der Waals surface area contributed by atoms with Crippen molar-refractivity contribution >= 4 is 11.9 Å². The Morgan fingerprint density at radius 2 is 1.96 bits per heavy atom. The van der Waals surface area contributed by atoms with E-state index in [1.165, 1.54) is 4.90 Å². The van der Waals surface area contributed by atoms with Crippen LogP contribution in [0.2, 0.25) is 0 Å². The van der Waals surface area contributed by atoms with Crippen LogP contribution in [0.25, 0.3) is 0 Å². The van der Waals surface area contributed by atoms with Crippen molar-refractivity contribution in [2.75, 3.05) is 32.8 Å². The van der Waals surface area contributed by atoms with Crippen LogP contribution in [0.5, 0.6) is 0 Å². The topological polar surface area (TPSA) is 96.7 Å². The number of rotatable bonds is 9. The van der Waals surface area contributed by atoms with Crippen LogP contribution in [0.4, 0.5) is 13.6 Å². The normalized spacial score (nSPS) is 18.0. The zero-order valence-electron chi connectivity index (χ0n) is 15.7. The fraction of sp³-hybridized carbons (Fsp3) is 0.882. The zero-order chi connectivity index (χ0) is 19.6. The molecule has 26 heavy (non-hydrogen) atoms. The molecule has 1 saturated heterocycles. The first-order chi connectivity index (χ1) is 12.3. The van der Waals surface area contributed by atoms with Gasteiger partial charge in [0.05, 0.1) is 6.61 Å². The van der Waals surface area contributed by atoms with Crippen molar-refractivity contribution in [2.45, 2.75) is 64.0 Å². The minimum Gasteiger partial charge on any atom is -0.380 e. The molecule has 0 spiro atoms. The van der Waals surface area contributed by atoms with E-state index in [0.29, 0.717) is 45.6 Å². The number of nitrogens with one attached hydrogen (secondary N) is 2. The number of carbonyl (C=O) groups is 2. The standard InChI is InChI=1S/C17H32F2N4O3/c1-3-6-17(18,19)11-14(15(24)21-13(4-2)12-20)22-16(25)23-7-5-9-26-10-8-23/h13-14H,3-12,20H2,1-2H3,(H,21,24)(H,22,25)/t13-,14?/m0/s1. The van der Waals surface area contributed by atoms with Crippen molar-refractivity contribution < 1.29 is 23.1 Å². The van der Waals surface area contributed by atoms with Crippen LogP contribution in [-0.4, -0.2) is 67.7 Å². The number of halogens is 2. The monoisotopic (exact) mass is 378 g/mol. The third kappa shape index (κ3) is 7.82. The van der Waals surface area contributed by atoms with E-state index < -0.39 is 30.3 Å². The molecule has 0 saturated carbocycles. The highest BCUT2D eigenvalue weighted by atomic mass is 19.3. The molecule has 0 aromatic rings. The Morgan fingerprint density at radius 3 is 2.58 bits per heavy atom. The number of alkyl halides is 2. The molecule has 1 aliphatic heterocycles. The number of hydrogen-bond acceptors (Lipinski definition) is 4. The summed E-state index contributed by atoms with van der Waals surface area (Å²) in [5, 5.41) is 5.13. The number of urea groups is 1. The van der Waals surface area contributed by atoms with E-state index in [1.807, 2.05) is 6.92 Å². The molecule has 3 amide bonds. The van der Waals surface area contributed by atoms with E-state index in [0.717, 1.165) is 0 Å². The van der Waals surface area contributed by atoms with Crippen molar-refractivity contribution in [1.29, 1.82) is 0 Å². The number of hydrogen-bond donors (Lipinski definition) is 3. The van der Waals surface area contributed by atoms with Crippen LogP contribution in [0.3, 0.4) is 0 Å². The summed E-state index contributed by atoms with van der Waals surface area (Å²) in [6.45, 7) is 5.47. The number of nitrogens with two attached hydrogens (primary N) is 1. The van der Waals surface area contributed by atoms with E-state index in [9.17, 15) is 18.4 Å². The molecule has 0 aliphatic carbocycles. The maximum absolute atomic E-state index is 14.1. The molecule has 1 rings (SSSR count). The van der Waals surface area contributed by atoms with E-state index in [2.05, 4.69) is 10.6 Å². The Labute approximate surface area is 154 Å². The second-order valence-corrected chi connectivity index (χ2v) is 6.61. The summed E-state index contributed by atoms with van der Waals surface area (Å²) in [6, 6.07) is -2.15. The highest BCUT2D eigenvalue weighted by molar-refractivity contribution is 5.87. The molecule has 0 aromatic heterocycles. The SMILES string of the molecule is CCCC(F)(F)CC(NC(=O)N1CCCOCC1)C(=O)N[C@@H](CC)CN. The lowest BCUT2D eigenvalue weighted by Crippen LogP contribution is -2.55. The van der Waals surface area contributed by atoms with Crippen LogP contribution < -0.4 is 16.4 Å². The Balaban J connectivity index is 2.81. The minimum absolute atomic E-state index is 0.206. The lowest BCUT2D eigenvalue weighted by atomic mass is 10.0. The highest BCUT2D eigenvalue weighted by Crippen LogP contribution is 2.26. The van der Waals surface area contributed by atoms with E-state index >= 15 is 0 Å². The molecule has 1 aliphatic rings. The maximum atomic E-state index is 14.1. The average molecular weight is 378 g/mol. The first kappa shape index (κ1) is 22.6. The molecule has 7 nitrogen and oxygen atoms in total. The molecular formula is C17H32F2N4O3. The van der Waals surface area contributed by atoms with Gasteiger partial charge >= 0.3 is 6.03 Å².